The zero-order valence-corrected chi connectivity index (χ0v) is 15.7. The Balaban J connectivity index is 1.78. The lowest BCUT2D eigenvalue weighted by molar-refractivity contribution is 0.102. The van der Waals surface area contributed by atoms with Crippen LogP contribution in [0, 0.1) is 11.3 Å². The Morgan fingerprint density at radius 3 is 2.19 bits per heavy atom. The highest BCUT2D eigenvalue weighted by atomic mass is 32.2. The van der Waals surface area contributed by atoms with Crippen LogP contribution in [0.25, 0.3) is 11.1 Å². The molecule has 2 aromatic carbocycles. The number of hydrogen-bond donors (Lipinski definition) is 1. The molecule has 0 bridgehead atoms. The third-order valence-electron chi connectivity index (χ3n) is 4.61. The van der Waals surface area contributed by atoms with Crippen molar-refractivity contribution < 1.29 is 13.2 Å². The van der Waals surface area contributed by atoms with E-state index in [1.165, 1.54) is 0 Å². The first kappa shape index (κ1) is 18.6. The van der Waals surface area contributed by atoms with Crippen molar-refractivity contribution in [3.63, 3.8) is 0 Å². The summed E-state index contributed by atoms with van der Waals surface area (Å²) in [6.07, 6.45) is 0.382. The molecule has 0 aliphatic carbocycles. The van der Waals surface area contributed by atoms with Crippen molar-refractivity contribution in [1.82, 2.24) is 4.72 Å². The highest BCUT2D eigenvalue weighted by molar-refractivity contribution is 7.90. The molecule has 0 saturated carbocycles. The van der Waals surface area contributed by atoms with E-state index in [2.05, 4.69) is 10.8 Å². The molecule has 26 heavy (non-hydrogen) atoms. The van der Waals surface area contributed by atoms with Crippen LogP contribution in [0.5, 0.6) is 0 Å². The smallest absolute Gasteiger partial charge is 0.214 e. The minimum absolute atomic E-state index is 0.247. The molecule has 1 N–H and O–H groups in total. The number of nitriles is 1. The van der Waals surface area contributed by atoms with E-state index in [1.54, 1.807) is 26.0 Å². The van der Waals surface area contributed by atoms with Gasteiger partial charge in [-0.3, -0.25) is 0 Å². The van der Waals surface area contributed by atoms with E-state index in [-0.39, 0.29) is 12.1 Å². The molecule has 0 unspecified atom stereocenters. The maximum atomic E-state index is 12.2. The number of ether oxygens (including phenoxy) is 1. The molecule has 136 valence electrons. The van der Waals surface area contributed by atoms with Crippen molar-refractivity contribution in [3.05, 3.63) is 59.7 Å². The molecule has 1 aliphatic rings. The first-order chi connectivity index (χ1) is 12.4. The number of rotatable bonds is 5. The molecule has 0 amide bonds. The predicted octanol–water partition coefficient (Wildman–Crippen LogP) is 3.38. The molecule has 1 fully saturated rings. The molecule has 2 aromatic rings. The summed E-state index contributed by atoms with van der Waals surface area (Å²) in [5.74, 6) is 0. The van der Waals surface area contributed by atoms with Gasteiger partial charge in [-0.1, -0.05) is 36.4 Å². The molecule has 3 rings (SSSR count). The fraction of sp³-hybridized carbons (Fsp3) is 0.350. The van der Waals surface area contributed by atoms with Gasteiger partial charge in [-0.2, -0.15) is 5.26 Å². The zero-order chi connectivity index (χ0) is 18.7. The average Bonchev–Trinajstić information content (AvgIpc) is 3.09. The number of nitrogens with zero attached hydrogens (tertiary/aromatic N) is 1. The van der Waals surface area contributed by atoms with Crippen LogP contribution in [-0.4, -0.2) is 26.3 Å². The molecule has 1 heterocycles. The minimum atomic E-state index is -3.34. The molecule has 1 saturated heterocycles. The molecule has 2 atom stereocenters. The minimum Gasteiger partial charge on any atom is -0.372 e. The maximum Gasteiger partial charge on any atom is 0.214 e. The van der Waals surface area contributed by atoms with E-state index in [4.69, 9.17) is 10.00 Å². The molecule has 0 radical (unpaired) electrons. The summed E-state index contributed by atoms with van der Waals surface area (Å²) < 4.78 is 32.9. The molecule has 0 spiro atoms. The average molecular weight is 370 g/mol. The number of sulfonamides is 1. The van der Waals surface area contributed by atoms with E-state index in [1.807, 2.05) is 36.4 Å². The SMILES string of the molecule is CC(C)S(=O)(=O)N[C@H]1CCO[C@H]1c1ccc(-c2ccc(C#N)cc2)cc1. The Bertz CT molecular complexity index is 898. The molecule has 0 aromatic heterocycles. The van der Waals surface area contributed by atoms with E-state index >= 15 is 0 Å². The van der Waals surface area contributed by atoms with Crippen LogP contribution in [0.2, 0.25) is 0 Å². The Hall–Kier alpha value is -2.20. The largest absolute Gasteiger partial charge is 0.372 e. The maximum absolute atomic E-state index is 12.2. The summed E-state index contributed by atoms with van der Waals surface area (Å²) in [5.41, 5.74) is 3.65. The lowest BCUT2D eigenvalue weighted by Gasteiger charge is -2.21. The van der Waals surface area contributed by atoms with Crippen molar-refractivity contribution in [1.29, 1.82) is 5.26 Å². The fourth-order valence-electron chi connectivity index (χ4n) is 2.99. The molecular formula is C20H22N2O3S. The number of benzene rings is 2. The fourth-order valence-corrected chi connectivity index (χ4v) is 3.92. The van der Waals surface area contributed by atoms with Gasteiger partial charge in [0, 0.05) is 6.61 Å². The van der Waals surface area contributed by atoms with Crippen molar-refractivity contribution in [3.8, 4) is 17.2 Å². The van der Waals surface area contributed by atoms with Crippen molar-refractivity contribution >= 4 is 10.0 Å². The summed E-state index contributed by atoms with van der Waals surface area (Å²) in [6.45, 7) is 3.87. The van der Waals surface area contributed by atoms with Crippen LogP contribution in [0.15, 0.2) is 48.5 Å². The van der Waals surface area contributed by atoms with E-state index < -0.39 is 15.3 Å². The monoisotopic (exact) mass is 370 g/mol. The van der Waals surface area contributed by atoms with Gasteiger partial charge in [-0.25, -0.2) is 13.1 Å². The highest BCUT2D eigenvalue weighted by Crippen LogP contribution is 2.31. The van der Waals surface area contributed by atoms with Crippen LogP contribution in [0.3, 0.4) is 0 Å². The lowest BCUT2D eigenvalue weighted by Crippen LogP contribution is -2.40. The van der Waals surface area contributed by atoms with Gasteiger partial charge in [0.15, 0.2) is 0 Å². The number of nitrogens with one attached hydrogen (secondary N) is 1. The second-order valence-corrected chi connectivity index (χ2v) is 8.98. The standard InChI is InChI=1S/C20H22N2O3S/c1-14(2)26(23,24)22-19-11-12-25-20(19)18-9-7-17(8-10-18)16-5-3-15(13-21)4-6-16/h3-10,14,19-20,22H,11-12H2,1-2H3/t19-,20-/m0/s1. The van der Waals surface area contributed by atoms with Gasteiger partial charge >= 0.3 is 0 Å². The van der Waals surface area contributed by atoms with E-state index in [0.29, 0.717) is 18.6 Å². The number of hydrogen-bond acceptors (Lipinski definition) is 4. The van der Waals surface area contributed by atoms with Gasteiger partial charge in [0.05, 0.1) is 29.0 Å². The van der Waals surface area contributed by atoms with Crippen molar-refractivity contribution in [2.45, 2.75) is 37.7 Å². The molecule has 5 nitrogen and oxygen atoms in total. The summed E-state index contributed by atoms with van der Waals surface area (Å²) in [6, 6.07) is 17.2. The zero-order valence-electron chi connectivity index (χ0n) is 14.8. The van der Waals surface area contributed by atoms with Gasteiger partial charge in [-0.15, -0.1) is 0 Å². The Morgan fingerprint density at radius 1 is 1.08 bits per heavy atom. The molecule has 1 aliphatic heterocycles. The van der Waals surface area contributed by atoms with Gasteiger partial charge in [-0.05, 0) is 49.1 Å². The van der Waals surface area contributed by atoms with E-state index in [0.717, 1.165) is 16.7 Å². The Kier molecular flexibility index (Phi) is 5.42. The van der Waals surface area contributed by atoms with Crippen LogP contribution in [0.1, 0.15) is 37.5 Å². The van der Waals surface area contributed by atoms with Gasteiger partial charge in [0.1, 0.15) is 0 Å². The summed E-state index contributed by atoms with van der Waals surface area (Å²) in [4.78, 5) is 0. The molecular weight excluding hydrogens is 348 g/mol. The Morgan fingerprint density at radius 2 is 1.65 bits per heavy atom. The predicted molar refractivity (Wildman–Crippen MR) is 101 cm³/mol. The highest BCUT2D eigenvalue weighted by Gasteiger charge is 2.33. The van der Waals surface area contributed by atoms with Gasteiger partial charge in [0.25, 0.3) is 0 Å². The van der Waals surface area contributed by atoms with Crippen molar-refractivity contribution in [2.24, 2.45) is 0 Å². The lowest BCUT2D eigenvalue weighted by atomic mass is 9.98. The van der Waals surface area contributed by atoms with Crippen LogP contribution in [-0.2, 0) is 14.8 Å². The van der Waals surface area contributed by atoms with Crippen molar-refractivity contribution in [2.75, 3.05) is 6.61 Å². The summed E-state index contributed by atoms with van der Waals surface area (Å²) >= 11 is 0. The first-order valence-electron chi connectivity index (χ1n) is 8.64. The second kappa shape index (κ2) is 7.58. The van der Waals surface area contributed by atoms with Gasteiger partial charge < -0.3 is 4.74 Å². The van der Waals surface area contributed by atoms with Gasteiger partial charge in [0.2, 0.25) is 10.0 Å². The first-order valence-corrected chi connectivity index (χ1v) is 10.2. The van der Waals surface area contributed by atoms with Crippen LogP contribution in [0.4, 0.5) is 0 Å². The summed E-state index contributed by atoms with van der Waals surface area (Å²) in [7, 11) is -3.34. The third kappa shape index (κ3) is 3.96. The third-order valence-corrected chi connectivity index (χ3v) is 6.49. The normalized spacial score (nSPS) is 20.2. The topological polar surface area (TPSA) is 79.2 Å². The summed E-state index contributed by atoms with van der Waals surface area (Å²) in [5, 5.41) is 8.41. The van der Waals surface area contributed by atoms with E-state index in [9.17, 15) is 8.42 Å². The van der Waals surface area contributed by atoms with Crippen LogP contribution < -0.4 is 4.72 Å². The quantitative estimate of drug-likeness (QED) is 0.875. The van der Waals surface area contributed by atoms with Crippen LogP contribution >= 0.6 is 0 Å². The second-order valence-electron chi connectivity index (χ2n) is 6.71. The Labute approximate surface area is 154 Å². The molecule has 6 heteroatoms.